The molecular formula is C12H10Br2N2S. The van der Waals surface area contributed by atoms with Gasteiger partial charge in [-0.05, 0) is 45.8 Å². The maximum atomic E-state index is 5.62. The van der Waals surface area contributed by atoms with E-state index in [0.717, 1.165) is 24.4 Å². The molecule has 0 aliphatic carbocycles. The third-order valence-corrected chi connectivity index (χ3v) is 4.83. The Balaban J connectivity index is 2.25. The van der Waals surface area contributed by atoms with Crippen LogP contribution >= 0.6 is 43.6 Å². The number of pyridine rings is 1. The number of nitrogens with two attached hydrogens (primary N) is 1. The van der Waals surface area contributed by atoms with E-state index in [1.807, 2.05) is 18.2 Å². The Morgan fingerprint density at radius 1 is 1.18 bits per heavy atom. The van der Waals surface area contributed by atoms with Gasteiger partial charge >= 0.3 is 0 Å². The van der Waals surface area contributed by atoms with Crippen LogP contribution in [0.5, 0.6) is 0 Å². The number of hydrogen-bond acceptors (Lipinski definition) is 3. The first kappa shape index (κ1) is 13.1. The fraction of sp³-hybridized carbons (Fsp3) is 0.0833. The summed E-state index contributed by atoms with van der Waals surface area (Å²) in [7, 11) is 0. The van der Waals surface area contributed by atoms with Gasteiger partial charge in [-0.25, -0.2) is 4.98 Å². The average Bonchev–Trinajstić information content (AvgIpc) is 2.32. The van der Waals surface area contributed by atoms with Gasteiger partial charge in [0.15, 0.2) is 0 Å². The van der Waals surface area contributed by atoms with Crippen LogP contribution in [-0.4, -0.2) is 4.98 Å². The van der Waals surface area contributed by atoms with Gasteiger partial charge in [0.05, 0.1) is 4.47 Å². The molecule has 2 rings (SSSR count). The van der Waals surface area contributed by atoms with Crippen LogP contribution in [0, 0.1) is 0 Å². The van der Waals surface area contributed by atoms with Crippen LogP contribution in [0.25, 0.3) is 0 Å². The van der Waals surface area contributed by atoms with Crippen molar-refractivity contribution in [1.82, 2.24) is 4.98 Å². The van der Waals surface area contributed by atoms with Crippen molar-refractivity contribution in [2.75, 3.05) is 0 Å². The summed E-state index contributed by atoms with van der Waals surface area (Å²) in [5.74, 6) is 0. The smallest absolute Gasteiger partial charge is 0.115 e. The van der Waals surface area contributed by atoms with Gasteiger partial charge in [0.2, 0.25) is 0 Å². The molecule has 0 amide bonds. The molecule has 88 valence electrons. The second kappa shape index (κ2) is 6.00. The molecule has 0 fully saturated rings. The quantitative estimate of drug-likeness (QED) is 0.875. The van der Waals surface area contributed by atoms with Crippen LogP contribution in [-0.2, 0) is 6.54 Å². The van der Waals surface area contributed by atoms with Gasteiger partial charge in [-0.3, -0.25) is 0 Å². The summed E-state index contributed by atoms with van der Waals surface area (Å²) in [4.78, 5) is 5.45. The topological polar surface area (TPSA) is 38.9 Å². The molecule has 5 heteroatoms. The lowest BCUT2D eigenvalue weighted by Crippen LogP contribution is -1.96. The van der Waals surface area contributed by atoms with Crippen molar-refractivity contribution in [2.45, 2.75) is 16.5 Å². The summed E-state index contributed by atoms with van der Waals surface area (Å²) < 4.78 is 2.04. The summed E-state index contributed by atoms with van der Waals surface area (Å²) in [6, 6.07) is 10.0. The third-order valence-electron chi connectivity index (χ3n) is 2.18. The van der Waals surface area contributed by atoms with Gasteiger partial charge in [-0.15, -0.1) is 0 Å². The zero-order valence-corrected chi connectivity index (χ0v) is 12.8. The van der Waals surface area contributed by atoms with Gasteiger partial charge in [-0.2, -0.15) is 0 Å². The fourth-order valence-electron chi connectivity index (χ4n) is 1.32. The number of aromatic nitrogens is 1. The Morgan fingerprint density at radius 2 is 2.00 bits per heavy atom. The molecule has 0 aliphatic rings. The van der Waals surface area contributed by atoms with Crippen LogP contribution in [0.4, 0.5) is 0 Å². The number of nitrogens with zero attached hydrogens (tertiary/aromatic N) is 1. The number of halogens is 2. The molecule has 2 nitrogen and oxygen atoms in total. The molecule has 0 aliphatic heterocycles. The second-order valence-electron chi connectivity index (χ2n) is 3.35. The highest BCUT2D eigenvalue weighted by Gasteiger charge is 2.05. The standard InChI is InChI=1S/C12H10Br2N2S/c13-10-2-1-5-16-12(10)17-9-4-3-8(7-15)11(14)6-9/h1-6H,7,15H2. The Hall–Kier alpha value is -0.360. The summed E-state index contributed by atoms with van der Waals surface area (Å²) >= 11 is 8.62. The third kappa shape index (κ3) is 3.31. The minimum Gasteiger partial charge on any atom is -0.326 e. The van der Waals surface area contributed by atoms with Crippen LogP contribution in [0.3, 0.4) is 0 Å². The highest BCUT2D eigenvalue weighted by molar-refractivity contribution is 9.10. The van der Waals surface area contributed by atoms with E-state index in [1.54, 1.807) is 18.0 Å². The molecule has 2 aromatic rings. The zero-order valence-electron chi connectivity index (χ0n) is 8.86. The normalized spacial score (nSPS) is 10.5. The molecule has 1 aromatic carbocycles. The number of benzene rings is 1. The molecule has 0 bridgehead atoms. The summed E-state index contributed by atoms with van der Waals surface area (Å²) in [6.07, 6.45) is 1.79. The first-order valence-corrected chi connectivity index (χ1v) is 7.38. The molecule has 0 atom stereocenters. The predicted molar refractivity (Wildman–Crippen MR) is 78.1 cm³/mol. The van der Waals surface area contributed by atoms with Gasteiger partial charge in [0, 0.05) is 22.1 Å². The van der Waals surface area contributed by atoms with Crippen LogP contribution in [0.15, 0.2) is 55.4 Å². The van der Waals surface area contributed by atoms with E-state index in [4.69, 9.17) is 5.73 Å². The molecule has 0 radical (unpaired) electrons. The van der Waals surface area contributed by atoms with Gasteiger partial charge in [0.1, 0.15) is 5.03 Å². The monoisotopic (exact) mass is 372 g/mol. The Labute approximate surface area is 121 Å². The molecule has 1 aromatic heterocycles. The van der Waals surface area contributed by atoms with Gasteiger partial charge in [-0.1, -0.05) is 33.8 Å². The molecule has 17 heavy (non-hydrogen) atoms. The van der Waals surface area contributed by atoms with Crippen molar-refractivity contribution in [1.29, 1.82) is 0 Å². The Morgan fingerprint density at radius 3 is 2.65 bits per heavy atom. The maximum absolute atomic E-state index is 5.62. The van der Waals surface area contributed by atoms with Crippen molar-refractivity contribution in [2.24, 2.45) is 5.73 Å². The summed E-state index contributed by atoms with van der Waals surface area (Å²) in [5.41, 5.74) is 6.73. The highest BCUT2D eigenvalue weighted by Crippen LogP contribution is 2.33. The van der Waals surface area contributed by atoms with Crippen LogP contribution in [0.1, 0.15) is 5.56 Å². The van der Waals surface area contributed by atoms with Crippen molar-refractivity contribution >= 4 is 43.6 Å². The average molecular weight is 374 g/mol. The zero-order chi connectivity index (χ0) is 12.3. The summed E-state index contributed by atoms with van der Waals surface area (Å²) in [5, 5.41) is 0.958. The van der Waals surface area contributed by atoms with Crippen LogP contribution < -0.4 is 5.73 Å². The van der Waals surface area contributed by atoms with Crippen molar-refractivity contribution in [3.8, 4) is 0 Å². The van der Waals surface area contributed by atoms with E-state index in [1.165, 1.54) is 0 Å². The first-order valence-electron chi connectivity index (χ1n) is 4.97. The predicted octanol–water partition coefficient (Wildman–Crippen LogP) is 4.22. The summed E-state index contributed by atoms with van der Waals surface area (Å²) in [6.45, 7) is 0.540. The molecule has 2 N–H and O–H groups in total. The lowest BCUT2D eigenvalue weighted by Gasteiger charge is -2.06. The van der Waals surface area contributed by atoms with Crippen molar-refractivity contribution < 1.29 is 0 Å². The lowest BCUT2D eigenvalue weighted by molar-refractivity contribution is 1.05. The Kier molecular flexibility index (Phi) is 4.62. The molecule has 0 unspecified atom stereocenters. The van der Waals surface area contributed by atoms with Gasteiger partial charge < -0.3 is 5.73 Å². The minimum atomic E-state index is 0.540. The minimum absolute atomic E-state index is 0.540. The van der Waals surface area contributed by atoms with E-state index in [-0.39, 0.29) is 0 Å². The molecular weight excluding hydrogens is 364 g/mol. The lowest BCUT2D eigenvalue weighted by atomic mass is 10.2. The van der Waals surface area contributed by atoms with Crippen molar-refractivity contribution in [3.05, 3.63) is 51.0 Å². The largest absolute Gasteiger partial charge is 0.326 e. The first-order chi connectivity index (χ1) is 8.20. The van der Waals surface area contributed by atoms with E-state index >= 15 is 0 Å². The molecule has 0 saturated heterocycles. The van der Waals surface area contributed by atoms with E-state index in [0.29, 0.717) is 6.54 Å². The van der Waals surface area contributed by atoms with E-state index in [2.05, 4.69) is 49.0 Å². The highest BCUT2D eigenvalue weighted by atomic mass is 79.9. The molecule has 0 spiro atoms. The van der Waals surface area contributed by atoms with E-state index < -0.39 is 0 Å². The van der Waals surface area contributed by atoms with Gasteiger partial charge in [0.25, 0.3) is 0 Å². The number of rotatable bonds is 3. The number of hydrogen-bond donors (Lipinski definition) is 1. The molecule has 1 heterocycles. The molecule has 0 saturated carbocycles. The fourth-order valence-corrected chi connectivity index (χ4v) is 3.32. The van der Waals surface area contributed by atoms with E-state index in [9.17, 15) is 0 Å². The second-order valence-corrected chi connectivity index (χ2v) is 6.12. The maximum Gasteiger partial charge on any atom is 0.115 e. The Bertz CT molecular complexity index is 532. The van der Waals surface area contributed by atoms with Crippen LogP contribution in [0.2, 0.25) is 0 Å². The SMILES string of the molecule is NCc1ccc(Sc2ncccc2Br)cc1Br. The van der Waals surface area contributed by atoms with Crippen molar-refractivity contribution in [3.63, 3.8) is 0 Å².